The lowest BCUT2D eigenvalue weighted by Gasteiger charge is -2.16. The zero-order valence-corrected chi connectivity index (χ0v) is 18.6. The van der Waals surface area contributed by atoms with Crippen LogP contribution in [0.3, 0.4) is 0 Å². The number of hydrogen-bond acceptors (Lipinski definition) is 5. The molecule has 0 saturated heterocycles. The van der Waals surface area contributed by atoms with Crippen molar-refractivity contribution in [1.82, 2.24) is 15.5 Å². The number of rotatable bonds is 5. The molecule has 1 aliphatic rings. The molecule has 2 aromatic rings. The second-order valence-corrected chi connectivity index (χ2v) is 7.63. The Bertz CT molecular complexity index is 973. The van der Waals surface area contributed by atoms with E-state index >= 15 is 0 Å². The minimum Gasteiger partial charge on any atom is -0.371 e. The standard InChI is InChI=1S/C13H17N5O.C11H16/c1-7-5-12(14)15-6-11(7)16-9(3)10-4-8(2)13(19)18-17-10;1-3-7-10(2)11-8-5-4-6-9-11/h4-6,12,15H,14H2,1-3H3,(H,18,19);4-6,8-10H,3,7H2,1-2H3. The summed E-state index contributed by atoms with van der Waals surface area (Å²) in [4.78, 5) is 15.8. The Morgan fingerprint density at radius 3 is 2.57 bits per heavy atom. The van der Waals surface area contributed by atoms with Crippen LogP contribution in [0.2, 0.25) is 0 Å². The first-order chi connectivity index (χ1) is 14.3. The normalized spacial score (nSPS) is 17.1. The topological polar surface area (TPSA) is 96.2 Å². The van der Waals surface area contributed by atoms with Crippen LogP contribution in [0.4, 0.5) is 0 Å². The average molecular weight is 408 g/mol. The van der Waals surface area contributed by atoms with Gasteiger partial charge in [0.25, 0.3) is 5.56 Å². The maximum Gasteiger partial charge on any atom is 0.267 e. The molecule has 0 saturated carbocycles. The van der Waals surface area contributed by atoms with Crippen molar-refractivity contribution in [3.8, 4) is 0 Å². The van der Waals surface area contributed by atoms with Crippen LogP contribution in [-0.2, 0) is 0 Å². The first kappa shape index (κ1) is 23.3. The Hall–Kier alpha value is -2.99. The van der Waals surface area contributed by atoms with Gasteiger partial charge in [0.1, 0.15) is 5.69 Å². The molecule has 6 nitrogen and oxygen atoms in total. The van der Waals surface area contributed by atoms with E-state index < -0.39 is 0 Å². The lowest BCUT2D eigenvalue weighted by atomic mass is 9.97. The zero-order chi connectivity index (χ0) is 22.1. The summed E-state index contributed by atoms with van der Waals surface area (Å²) in [6.07, 6.45) is 6.08. The fraction of sp³-hybridized carbons (Fsp3) is 0.375. The molecular formula is C24H33N5O. The minimum absolute atomic E-state index is 0.173. The van der Waals surface area contributed by atoms with E-state index in [2.05, 4.69) is 64.7 Å². The molecule has 4 N–H and O–H groups in total. The Labute approximate surface area is 179 Å². The molecular weight excluding hydrogens is 374 g/mol. The molecule has 3 rings (SSSR count). The molecule has 30 heavy (non-hydrogen) atoms. The van der Waals surface area contributed by atoms with E-state index in [-0.39, 0.29) is 11.7 Å². The van der Waals surface area contributed by atoms with Gasteiger partial charge in [0.05, 0.1) is 17.6 Å². The molecule has 0 aliphatic carbocycles. The van der Waals surface area contributed by atoms with Crippen LogP contribution in [-0.4, -0.2) is 22.1 Å². The summed E-state index contributed by atoms with van der Waals surface area (Å²) in [5, 5.41) is 9.43. The number of aromatic amines is 1. The van der Waals surface area contributed by atoms with Gasteiger partial charge in [-0.15, -0.1) is 0 Å². The lowest BCUT2D eigenvalue weighted by Crippen LogP contribution is -2.34. The van der Waals surface area contributed by atoms with Crippen molar-refractivity contribution in [2.75, 3.05) is 0 Å². The van der Waals surface area contributed by atoms with E-state index in [0.717, 1.165) is 22.9 Å². The molecule has 1 aliphatic heterocycles. The number of aromatic nitrogens is 2. The molecule has 0 amide bonds. The van der Waals surface area contributed by atoms with Crippen LogP contribution >= 0.6 is 0 Å². The van der Waals surface area contributed by atoms with Gasteiger partial charge in [-0.1, -0.05) is 50.6 Å². The van der Waals surface area contributed by atoms with E-state index in [1.807, 2.05) is 19.9 Å². The molecule has 2 heterocycles. The second kappa shape index (κ2) is 11.3. The number of aryl methyl sites for hydroxylation is 1. The number of dihydropyridines is 1. The summed E-state index contributed by atoms with van der Waals surface area (Å²) in [6.45, 7) is 10.1. The fourth-order valence-electron chi connectivity index (χ4n) is 3.12. The van der Waals surface area contributed by atoms with Gasteiger partial charge >= 0.3 is 0 Å². The van der Waals surface area contributed by atoms with Crippen molar-refractivity contribution in [2.24, 2.45) is 10.7 Å². The molecule has 6 heteroatoms. The van der Waals surface area contributed by atoms with Crippen molar-refractivity contribution in [1.29, 1.82) is 0 Å². The molecule has 160 valence electrons. The predicted octanol–water partition coefficient (Wildman–Crippen LogP) is 4.15. The Morgan fingerprint density at radius 2 is 1.97 bits per heavy atom. The van der Waals surface area contributed by atoms with Crippen LogP contribution in [0, 0.1) is 6.92 Å². The van der Waals surface area contributed by atoms with Gasteiger partial charge in [-0.2, -0.15) is 5.10 Å². The molecule has 0 spiro atoms. The molecule has 1 aromatic carbocycles. The van der Waals surface area contributed by atoms with Gasteiger partial charge in [0.2, 0.25) is 0 Å². The molecule has 0 bridgehead atoms. The van der Waals surface area contributed by atoms with Gasteiger partial charge in [0.15, 0.2) is 0 Å². The first-order valence-electron chi connectivity index (χ1n) is 10.4. The number of H-pyrrole nitrogens is 1. The molecule has 1 aromatic heterocycles. The monoisotopic (exact) mass is 407 g/mol. The van der Waals surface area contributed by atoms with Crippen LogP contribution in [0.1, 0.15) is 63.3 Å². The maximum absolute atomic E-state index is 11.3. The van der Waals surface area contributed by atoms with Crippen molar-refractivity contribution in [2.45, 2.75) is 59.5 Å². The van der Waals surface area contributed by atoms with E-state index in [1.165, 1.54) is 18.4 Å². The largest absolute Gasteiger partial charge is 0.371 e. The number of hydrogen-bond donors (Lipinski definition) is 3. The van der Waals surface area contributed by atoms with Gasteiger partial charge in [0, 0.05) is 11.8 Å². The van der Waals surface area contributed by atoms with E-state index in [0.29, 0.717) is 11.3 Å². The van der Waals surface area contributed by atoms with Crippen molar-refractivity contribution >= 4 is 5.71 Å². The SMILES string of the molecule is CC1=CC(N)NC=C1N=C(C)c1cc(C)c(=O)[nH]n1.CCCC(C)c1ccccc1. The van der Waals surface area contributed by atoms with Crippen molar-refractivity contribution in [3.05, 3.63) is 87.1 Å². The van der Waals surface area contributed by atoms with E-state index in [1.54, 1.807) is 19.2 Å². The number of allylic oxidation sites excluding steroid dienone is 1. The third-order valence-electron chi connectivity index (χ3n) is 4.98. The zero-order valence-electron chi connectivity index (χ0n) is 18.6. The fourth-order valence-corrected chi connectivity index (χ4v) is 3.12. The third kappa shape index (κ3) is 6.81. The smallest absolute Gasteiger partial charge is 0.267 e. The number of nitrogens with zero attached hydrogens (tertiary/aromatic N) is 2. The number of benzene rings is 1. The molecule has 0 radical (unpaired) electrons. The van der Waals surface area contributed by atoms with Gasteiger partial charge < -0.3 is 11.1 Å². The molecule has 2 atom stereocenters. The highest BCUT2D eigenvalue weighted by atomic mass is 16.1. The summed E-state index contributed by atoms with van der Waals surface area (Å²) < 4.78 is 0. The Morgan fingerprint density at radius 1 is 1.27 bits per heavy atom. The highest BCUT2D eigenvalue weighted by Gasteiger charge is 2.10. The van der Waals surface area contributed by atoms with E-state index in [9.17, 15) is 4.79 Å². The first-order valence-corrected chi connectivity index (χ1v) is 10.4. The van der Waals surface area contributed by atoms with Crippen molar-refractivity contribution in [3.63, 3.8) is 0 Å². The summed E-state index contributed by atoms with van der Waals surface area (Å²) in [6, 6.07) is 12.4. The van der Waals surface area contributed by atoms with Gasteiger partial charge in [-0.05, 0) is 56.4 Å². The van der Waals surface area contributed by atoms with Crippen LogP contribution in [0.5, 0.6) is 0 Å². The summed E-state index contributed by atoms with van der Waals surface area (Å²) in [7, 11) is 0. The summed E-state index contributed by atoms with van der Waals surface area (Å²) in [5.41, 5.74) is 10.8. The van der Waals surface area contributed by atoms with Crippen LogP contribution in [0.25, 0.3) is 0 Å². The number of nitrogens with one attached hydrogen (secondary N) is 2. The molecule has 2 unspecified atom stereocenters. The van der Waals surface area contributed by atoms with Gasteiger partial charge in [-0.25, -0.2) is 10.1 Å². The van der Waals surface area contributed by atoms with Crippen molar-refractivity contribution < 1.29 is 0 Å². The van der Waals surface area contributed by atoms with Crippen LogP contribution < -0.4 is 16.6 Å². The lowest BCUT2D eigenvalue weighted by molar-refractivity contribution is 0.665. The Kier molecular flexibility index (Phi) is 8.74. The minimum atomic E-state index is -0.183. The number of nitrogens with two attached hydrogens (primary N) is 1. The van der Waals surface area contributed by atoms with Gasteiger partial charge in [-0.3, -0.25) is 4.79 Å². The molecule has 0 fully saturated rings. The quantitative estimate of drug-likeness (QED) is 0.649. The second-order valence-electron chi connectivity index (χ2n) is 7.63. The highest BCUT2D eigenvalue weighted by Crippen LogP contribution is 2.19. The summed E-state index contributed by atoms with van der Waals surface area (Å²) in [5.74, 6) is 0.723. The third-order valence-corrected chi connectivity index (χ3v) is 4.98. The average Bonchev–Trinajstić information content (AvgIpc) is 2.73. The number of aliphatic imine (C=N–C) groups is 1. The van der Waals surface area contributed by atoms with E-state index in [4.69, 9.17) is 5.73 Å². The Balaban J connectivity index is 0.000000248. The summed E-state index contributed by atoms with van der Waals surface area (Å²) >= 11 is 0. The highest BCUT2D eigenvalue weighted by molar-refractivity contribution is 5.97. The maximum atomic E-state index is 11.3. The predicted molar refractivity (Wildman–Crippen MR) is 125 cm³/mol. The van der Waals surface area contributed by atoms with Crippen LogP contribution in [0.15, 0.2) is 69.7 Å².